The number of hydrogen-bond donors (Lipinski definition) is 1. The van der Waals surface area contributed by atoms with E-state index in [9.17, 15) is 13.2 Å². The Morgan fingerprint density at radius 2 is 2.00 bits per heavy atom. The lowest BCUT2D eigenvalue weighted by atomic mass is 10.2. The fraction of sp³-hybridized carbons (Fsp3) is 0.409. The normalized spacial score (nSPS) is 12.9. The van der Waals surface area contributed by atoms with Gasteiger partial charge in [-0.25, -0.2) is 9.56 Å². The van der Waals surface area contributed by atoms with E-state index in [4.69, 9.17) is 8.97 Å². The summed E-state index contributed by atoms with van der Waals surface area (Å²) in [6.07, 6.45) is 0.809. The smallest absolute Gasteiger partial charge is 0.264 e. The highest BCUT2D eigenvalue weighted by Gasteiger charge is 2.14. The molecule has 8 nitrogen and oxygen atoms in total. The van der Waals surface area contributed by atoms with Crippen LogP contribution >= 0.6 is 0 Å². The molecule has 0 amide bonds. The second kappa shape index (κ2) is 9.57. The molecule has 0 spiro atoms. The van der Waals surface area contributed by atoms with E-state index in [0.717, 1.165) is 22.3 Å². The third kappa shape index (κ3) is 6.11. The second-order valence-electron chi connectivity index (χ2n) is 7.61. The predicted molar refractivity (Wildman–Crippen MR) is 121 cm³/mol. The van der Waals surface area contributed by atoms with E-state index in [-0.39, 0.29) is 11.5 Å². The van der Waals surface area contributed by atoms with Crippen molar-refractivity contribution in [1.29, 1.82) is 0 Å². The van der Waals surface area contributed by atoms with Crippen molar-refractivity contribution in [3.05, 3.63) is 41.8 Å². The topological polar surface area (TPSA) is 104 Å². The first-order valence-electron chi connectivity index (χ1n) is 10.2. The molecule has 1 aromatic rings. The second-order valence-corrected chi connectivity index (χ2v) is 9.18. The number of benzene rings is 2. The molecule has 1 aliphatic heterocycles. The Labute approximate surface area is 181 Å². The van der Waals surface area contributed by atoms with Crippen LogP contribution in [-0.2, 0) is 14.9 Å². The fourth-order valence-electron chi connectivity index (χ4n) is 3.40. The van der Waals surface area contributed by atoms with E-state index < -0.39 is 10.1 Å². The minimum Gasteiger partial charge on any atom is -0.452 e. The van der Waals surface area contributed by atoms with Crippen LogP contribution in [0.25, 0.3) is 22.6 Å². The minimum atomic E-state index is -3.97. The molecule has 0 bridgehead atoms. The Morgan fingerprint density at radius 3 is 2.68 bits per heavy atom. The van der Waals surface area contributed by atoms with Gasteiger partial charge in [0.2, 0.25) is 5.36 Å². The van der Waals surface area contributed by atoms with Crippen LogP contribution in [0.1, 0.15) is 26.7 Å². The maximum atomic E-state index is 11.3. The number of anilines is 1. The van der Waals surface area contributed by atoms with Crippen LogP contribution in [0.5, 0.6) is 0 Å². The summed E-state index contributed by atoms with van der Waals surface area (Å²) < 4.78 is 39.1. The van der Waals surface area contributed by atoms with Crippen molar-refractivity contribution in [2.24, 2.45) is 0 Å². The number of carbonyl (C=O) groups is 1. The van der Waals surface area contributed by atoms with E-state index in [1.54, 1.807) is 6.92 Å². The zero-order valence-corrected chi connectivity index (χ0v) is 18.9. The monoisotopic (exact) mass is 446 g/mol. The number of carbonyl (C=O) groups excluding carboxylic acids is 1. The third-order valence-electron chi connectivity index (χ3n) is 5.16. The molecule has 3 rings (SSSR count). The molecule has 9 heteroatoms. The Bertz CT molecular complexity index is 1230. The van der Waals surface area contributed by atoms with Gasteiger partial charge in [-0.3, -0.25) is 9.35 Å². The van der Waals surface area contributed by atoms with Gasteiger partial charge in [-0.2, -0.15) is 8.42 Å². The Hall–Kier alpha value is -2.78. The van der Waals surface area contributed by atoms with Crippen molar-refractivity contribution < 1.29 is 22.2 Å². The highest BCUT2D eigenvalue weighted by molar-refractivity contribution is 7.85. The molecule has 0 saturated heterocycles. The first-order valence-corrected chi connectivity index (χ1v) is 11.9. The highest BCUT2D eigenvalue weighted by Crippen LogP contribution is 2.27. The SMILES string of the molecule is CCN(CCCS(=O)(=O)O)c1ccc2nc3ccc(=[N+](C)CCC(C)=O)cc-3oc2c1. The van der Waals surface area contributed by atoms with Crippen LogP contribution < -0.4 is 14.8 Å². The molecule has 0 saturated carbocycles. The van der Waals surface area contributed by atoms with Gasteiger partial charge in [-0.1, -0.05) is 0 Å². The maximum absolute atomic E-state index is 11.3. The molecule has 0 radical (unpaired) electrons. The third-order valence-corrected chi connectivity index (χ3v) is 5.97. The van der Waals surface area contributed by atoms with Crippen LogP contribution in [-0.4, -0.2) is 56.2 Å². The van der Waals surface area contributed by atoms with E-state index >= 15 is 0 Å². The average Bonchev–Trinajstić information content (AvgIpc) is 2.72. The van der Waals surface area contributed by atoms with Gasteiger partial charge in [0.25, 0.3) is 10.1 Å². The molecule has 0 unspecified atom stereocenters. The van der Waals surface area contributed by atoms with Gasteiger partial charge in [-0.05, 0) is 38.5 Å². The van der Waals surface area contributed by atoms with Crippen molar-refractivity contribution in [2.75, 3.05) is 37.3 Å². The molecule has 0 fully saturated rings. The lowest BCUT2D eigenvalue weighted by Crippen LogP contribution is -2.27. The molecule has 1 aromatic carbocycles. The van der Waals surface area contributed by atoms with Crippen molar-refractivity contribution in [1.82, 2.24) is 9.56 Å². The van der Waals surface area contributed by atoms with Crippen molar-refractivity contribution in [2.45, 2.75) is 26.7 Å². The molecule has 31 heavy (non-hydrogen) atoms. The Morgan fingerprint density at radius 1 is 1.23 bits per heavy atom. The van der Waals surface area contributed by atoms with E-state index in [2.05, 4.69) is 4.98 Å². The van der Waals surface area contributed by atoms with Crippen molar-refractivity contribution in [3.63, 3.8) is 0 Å². The minimum absolute atomic E-state index is 0.148. The van der Waals surface area contributed by atoms with Crippen LogP contribution in [0.3, 0.4) is 0 Å². The fourth-order valence-corrected chi connectivity index (χ4v) is 3.89. The molecule has 0 aromatic heterocycles. The molecular formula is C22H28N3O5S+. The van der Waals surface area contributed by atoms with E-state index in [1.807, 2.05) is 59.8 Å². The van der Waals surface area contributed by atoms with Gasteiger partial charge in [0.05, 0.1) is 18.2 Å². The quantitative estimate of drug-likeness (QED) is 0.306. The zero-order chi connectivity index (χ0) is 22.6. The summed E-state index contributed by atoms with van der Waals surface area (Å²) in [6.45, 7) is 5.37. The molecule has 1 N–H and O–H groups in total. The van der Waals surface area contributed by atoms with E-state index in [0.29, 0.717) is 43.8 Å². The zero-order valence-electron chi connectivity index (χ0n) is 18.0. The summed E-state index contributed by atoms with van der Waals surface area (Å²) in [4.78, 5) is 18.0. The Balaban J connectivity index is 1.93. The molecule has 166 valence electrons. The molecular weight excluding hydrogens is 418 g/mol. The first-order chi connectivity index (χ1) is 14.7. The average molecular weight is 447 g/mol. The number of ketones is 1. The predicted octanol–water partition coefficient (Wildman–Crippen LogP) is 2.42. The number of Topliss-reactive ketones (excluding diaryl/α,β-unsaturated/α-hetero) is 1. The lowest BCUT2D eigenvalue weighted by Gasteiger charge is -2.23. The number of nitrogens with zero attached hydrogens (tertiary/aromatic N) is 3. The summed E-state index contributed by atoms with van der Waals surface area (Å²) >= 11 is 0. The standard InChI is InChI=1S/C22H27N3O5S/c1-4-25(11-5-13-31(27,28)29)18-7-9-20-22(15-18)30-21-14-17(6-8-19(21)23-20)24(3)12-10-16(2)26/h6-9,14-15H,4-5,10-13H2,1-3H3/p+1. The van der Waals surface area contributed by atoms with Gasteiger partial charge >= 0.3 is 0 Å². The van der Waals surface area contributed by atoms with Crippen LogP contribution in [0.4, 0.5) is 5.69 Å². The summed E-state index contributed by atoms with van der Waals surface area (Å²) in [5, 5.41) is 0.940. The van der Waals surface area contributed by atoms with Crippen molar-refractivity contribution in [3.8, 4) is 11.5 Å². The van der Waals surface area contributed by atoms with Crippen molar-refractivity contribution >= 4 is 32.7 Å². The molecule has 1 aliphatic carbocycles. The lowest BCUT2D eigenvalue weighted by molar-refractivity contribution is -0.116. The van der Waals surface area contributed by atoms with Gasteiger partial charge in [0, 0.05) is 30.9 Å². The molecule has 2 aliphatic rings. The highest BCUT2D eigenvalue weighted by atomic mass is 32.2. The summed E-state index contributed by atoms with van der Waals surface area (Å²) in [5.74, 6) is 0.522. The van der Waals surface area contributed by atoms with Gasteiger partial charge < -0.3 is 9.32 Å². The van der Waals surface area contributed by atoms with Crippen LogP contribution in [0, 0.1) is 0 Å². The largest absolute Gasteiger partial charge is 0.452 e. The van der Waals surface area contributed by atoms with E-state index in [1.165, 1.54) is 0 Å². The summed E-state index contributed by atoms with van der Waals surface area (Å²) in [7, 11) is -2.03. The summed E-state index contributed by atoms with van der Waals surface area (Å²) in [6, 6.07) is 11.5. The van der Waals surface area contributed by atoms with Gasteiger partial charge in [0.1, 0.15) is 30.6 Å². The maximum Gasteiger partial charge on any atom is 0.264 e. The molecule has 1 heterocycles. The van der Waals surface area contributed by atoms with Crippen LogP contribution in [0.15, 0.2) is 40.8 Å². The molecule has 0 atom stereocenters. The number of hydrogen-bond acceptors (Lipinski definition) is 6. The van der Waals surface area contributed by atoms with Gasteiger partial charge in [0.15, 0.2) is 11.3 Å². The Kier molecular flexibility index (Phi) is 7.07. The number of aromatic nitrogens is 1. The number of rotatable bonds is 9. The van der Waals surface area contributed by atoms with Crippen LogP contribution in [0.2, 0.25) is 0 Å². The van der Waals surface area contributed by atoms with Gasteiger partial charge in [-0.15, -0.1) is 0 Å². The number of fused-ring (bicyclic) bond motifs is 2. The first kappa shape index (κ1) is 22.9. The summed E-state index contributed by atoms with van der Waals surface area (Å²) in [5.41, 5.74) is 2.99.